The van der Waals surface area contributed by atoms with E-state index >= 15 is 0 Å². The summed E-state index contributed by atoms with van der Waals surface area (Å²) in [6, 6.07) is 0. The number of fused-ring (bicyclic) bond motifs is 1. The first kappa shape index (κ1) is 12.6. The molecule has 18 heavy (non-hydrogen) atoms. The van der Waals surface area contributed by atoms with Gasteiger partial charge in [0.05, 0.1) is 6.54 Å². The predicted molar refractivity (Wildman–Crippen MR) is 71.4 cm³/mol. The Kier molecular flexibility index (Phi) is 3.13. The number of halogens is 1. The van der Waals surface area contributed by atoms with E-state index < -0.39 is 5.69 Å². The minimum atomic E-state index is -0.397. The highest BCUT2D eigenvalue weighted by molar-refractivity contribution is 9.10. The van der Waals surface area contributed by atoms with Gasteiger partial charge in [-0.3, -0.25) is 13.9 Å². The molecule has 0 radical (unpaired) electrons. The van der Waals surface area contributed by atoms with E-state index in [9.17, 15) is 9.59 Å². The van der Waals surface area contributed by atoms with Crippen LogP contribution in [-0.2, 0) is 20.6 Å². The van der Waals surface area contributed by atoms with Crippen LogP contribution >= 0.6 is 15.9 Å². The maximum atomic E-state index is 12.1. The van der Waals surface area contributed by atoms with Crippen molar-refractivity contribution in [3.63, 3.8) is 0 Å². The summed E-state index contributed by atoms with van der Waals surface area (Å²) < 4.78 is 4.54. The van der Waals surface area contributed by atoms with Gasteiger partial charge in [-0.1, -0.05) is 5.92 Å². The van der Waals surface area contributed by atoms with Gasteiger partial charge in [0, 0.05) is 14.1 Å². The molecule has 7 heteroatoms. The molecule has 0 aromatic carbocycles. The zero-order valence-electron chi connectivity index (χ0n) is 10.2. The van der Waals surface area contributed by atoms with Gasteiger partial charge in [-0.2, -0.15) is 0 Å². The largest absolute Gasteiger partial charge is 0.332 e. The summed E-state index contributed by atoms with van der Waals surface area (Å²) in [6.07, 6.45) is 0. The molecule has 0 bridgehead atoms. The monoisotopic (exact) mass is 310 g/mol. The Balaban J connectivity index is 2.97. The second-order valence-electron chi connectivity index (χ2n) is 3.77. The second kappa shape index (κ2) is 4.46. The summed E-state index contributed by atoms with van der Waals surface area (Å²) in [5.74, 6) is 5.63. The summed E-state index contributed by atoms with van der Waals surface area (Å²) in [4.78, 5) is 28.1. The molecule has 0 saturated carbocycles. The maximum absolute atomic E-state index is 12.1. The molecular weight excluding hydrogens is 300 g/mol. The Morgan fingerprint density at radius 3 is 2.56 bits per heavy atom. The number of aryl methyl sites for hydroxylation is 1. The number of hydrogen-bond acceptors (Lipinski definition) is 3. The SMILES string of the molecule is CC#CCn1c(Br)nc2c1c(=O)n(C)c(=O)n2C. The third kappa shape index (κ3) is 1.69. The Morgan fingerprint density at radius 1 is 1.28 bits per heavy atom. The Hall–Kier alpha value is -1.81. The minimum Gasteiger partial charge on any atom is -0.301 e. The summed E-state index contributed by atoms with van der Waals surface area (Å²) in [5.41, 5.74) is -0.0440. The van der Waals surface area contributed by atoms with Crippen molar-refractivity contribution in [1.29, 1.82) is 0 Å². The second-order valence-corrected chi connectivity index (χ2v) is 4.48. The smallest absolute Gasteiger partial charge is 0.301 e. The van der Waals surface area contributed by atoms with Crippen molar-refractivity contribution in [3.05, 3.63) is 25.6 Å². The lowest BCUT2D eigenvalue weighted by atomic mass is 10.5. The van der Waals surface area contributed by atoms with Crippen LogP contribution in [0.4, 0.5) is 0 Å². The van der Waals surface area contributed by atoms with Gasteiger partial charge < -0.3 is 4.57 Å². The molecular formula is C11H11BrN4O2. The van der Waals surface area contributed by atoms with E-state index in [-0.39, 0.29) is 5.56 Å². The molecule has 2 aromatic rings. The topological polar surface area (TPSA) is 61.8 Å². The van der Waals surface area contributed by atoms with E-state index in [1.807, 2.05) is 0 Å². The van der Waals surface area contributed by atoms with Crippen molar-refractivity contribution in [2.24, 2.45) is 14.1 Å². The van der Waals surface area contributed by atoms with E-state index in [1.54, 1.807) is 18.5 Å². The first-order chi connectivity index (χ1) is 8.49. The standard InChI is InChI=1S/C11H11BrN4O2/c1-4-5-6-16-7-8(13-10(16)12)14(2)11(18)15(3)9(7)17/h6H2,1-3H3. The first-order valence-electron chi connectivity index (χ1n) is 5.20. The predicted octanol–water partition coefficient (Wildman–Crippen LogP) is 0.219. The van der Waals surface area contributed by atoms with Crippen molar-refractivity contribution >= 4 is 27.1 Å². The van der Waals surface area contributed by atoms with Gasteiger partial charge in [-0.05, 0) is 22.9 Å². The maximum Gasteiger partial charge on any atom is 0.332 e. The molecule has 0 aliphatic heterocycles. The zero-order chi connectivity index (χ0) is 13.4. The molecule has 0 saturated heterocycles. The van der Waals surface area contributed by atoms with Crippen LogP contribution in [0.15, 0.2) is 14.3 Å². The summed E-state index contributed by atoms with van der Waals surface area (Å²) in [7, 11) is 3.03. The van der Waals surface area contributed by atoms with E-state index in [2.05, 4.69) is 32.8 Å². The molecule has 0 amide bonds. The van der Waals surface area contributed by atoms with Crippen molar-refractivity contribution < 1.29 is 0 Å². The molecule has 2 aromatic heterocycles. The highest BCUT2D eigenvalue weighted by atomic mass is 79.9. The highest BCUT2D eigenvalue weighted by Gasteiger charge is 2.16. The van der Waals surface area contributed by atoms with E-state index in [4.69, 9.17) is 0 Å². The minimum absolute atomic E-state index is 0.348. The number of imidazole rings is 1. The number of hydrogen-bond donors (Lipinski definition) is 0. The molecule has 94 valence electrons. The molecule has 0 N–H and O–H groups in total. The van der Waals surface area contributed by atoms with Crippen molar-refractivity contribution in [2.75, 3.05) is 0 Å². The van der Waals surface area contributed by atoms with Gasteiger partial charge in [-0.25, -0.2) is 9.78 Å². The lowest BCUT2D eigenvalue weighted by Crippen LogP contribution is -2.37. The van der Waals surface area contributed by atoms with E-state index in [1.165, 1.54) is 11.6 Å². The molecule has 0 spiro atoms. The molecule has 0 unspecified atom stereocenters. The van der Waals surface area contributed by atoms with Gasteiger partial charge in [0.2, 0.25) is 0 Å². The molecule has 0 atom stereocenters. The summed E-state index contributed by atoms with van der Waals surface area (Å²) in [5, 5.41) is 0. The average Bonchev–Trinajstić information content (AvgIpc) is 2.68. The Morgan fingerprint density at radius 2 is 1.94 bits per heavy atom. The number of aromatic nitrogens is 4. The van der Waals surface area contributed by atoms with Crippen LogP contribution in [0.25, 0.3) is 11.2 Å². The Labute approximate surface area is 111 Å². The van der Waals surface area contributed by atoms with Gasteiger partial charge >= 0.3 is 5.69 Å². The normalized spacial score (nSPS) is 10.4. The van der Waals surface area contributed by atoms with Gasteiger partial charge in [0.15, 0.2) is 15.9 Å². The Bertz CT molecular complexity index is 801. The van der Waals surface area contributed by atoms with Crippen molar-refractivity contribution in [3.8, 4) is 11.8 Å². The fourth-order valence-corrected chi connectivity index (χ4v) is 2.19. The van der Waals surface area contributed by atoms with Crippen LogP contribution < -0.4 is 11.2 Å². The summed E-state index contributed by atoms with van der Waals surface area (Å²) >= 11 is 3.28. The van der Waals surface area contributed by atoms with Crippen LogP contribution in [-0.4, -0.2) is 18.7 Å². The summed E-state index contributed by atoms with van der Waals surface area (Å²) in [6.45, 7) is 2.07. The number of rotatable bonds is 1. The molecule has 0 aliphatic carbocycles. The van der Waals surface area contributed by atoms with Gasteiger partial charge in [0.25, 0.3) is 5.56 Å². The van der Waals surface area contributed by atoms with E-state index in [0.29, 0.717) is 22.4 Å². The lowest BCUT2D eigenvalue weighted by Gasteiger charge is -2.04. The van der Waals surface area contributed by atoms with Crippen LogP contribution in [0.1, 0.15) is 6.92 Å². The van der Waals surface area contributed by atoms with E-state index in [0.717, 1.165) is 4.57 Å². The van der Waals surface area contributed by atoms with Gasteiger partial charge in [0.1, 0.15) is 0 Å². The van der Waals surface area contributed by atoms with Gasteiger partial charge in [-0.15, -0.1) is 5.92 Å². The number of nitrogens with zero attached hydrogens (tertiary/aromatic N) is 4. The van der Waals surface area contributed by atoms with Crippen LogP contribution in [0, 0.1) is 11.8 Å². The van der Waals surface area contributed by atoms with Crippen molar-refractivity contribution in [2.45, 2.75) is 13.5 Å². The van der Waals surface area contributed by atoms with Crippen molar-refractivity contribution in [1.82, 2.24) is 18.7 Å². The molecule has 2 rings (SSSR count). The first-order valence-corrected chi connectivity index (χ1v) is 5.99. The van der Waals surface area contributed by atoms with Crippen LogP contribution in [0.2, 0.25) is 0 Å². The highest BCUT2D eigenvalue weighted by Crippen LogP contribution is 2.15. The zero-order valence-corrected chi connectivity index (χ0v) is 11.8. The third-order valence-electron chi connectivity index (χ3n) is 2.72. The van der Waals surface area contributed by atoms with Crippen LogP contribution in [0.5, 0.6) is 0 Å². The molecule has 6 nitrogen and oxygen atoms in total. The fourth-order valence-electron chi connectivity index (χ4n) is 1.72. The molecule has 0 aliphatic rings. The van der Waals surface area contributed by atoms with Crippen LogP contribution in [0.3, 0.4) is 0 Å². The molecule has 0 fully saturated rings. The quantitative estimate of drug-likeness (QED) is 0.559. The average molecular weight is 311 g/mol. The molecule has 2 heterocycles. The lowest BCUT2D eigenvalue weighted by molar-refractivity contribution is 0.704. The third-order valence-corrected chi connectivity index (χ3v) is 3.32. The fraction of sp³-hybridized carbons (Fsp3) is 0.364.